The number of rotatable bonds is 12. The Hall–Kier alpha value is -1.88. The van der Waals surface area contributed by atoms with Crippen molar-refractivity contribution in [3.05, 3.63) is 65.7 Å². The van der Waals surface area contributed by atoms with Crippen molar-refractivity contribution in [2.75, 3.05) is 26.2 Å². The van der Waals surface area contributed by atoms with Crippen LogP contribution in [0.4, 0.5) is 0 Å². The highest BCUT2D eigenvalue weighted by Crippen LogP contribution is 2.32. The number of benzene rings is 2. The third kappa shape index (κ3) is 7.12. The van der Waals surface area contributed by atoms with Gasteiger partial charge in [-0.05, 0) is 51.0 Å². The second kappa shape index (κ2) is 11.5. The van der Waals surface area contributed by atoms with Gasteiger partial charge in [0.1, 0.15) is 18.5 Å². The zero-order valence-corrected chi connectivity index (χ0v) is 19.6. The summed E-state index contributed by atoms with van der Waals surface area (Å²) in [6.45, 7) is 16.0. The van der Waals surface area contributed by atoms with E-state index < -0.39 is 6.10 Å². The van der Waals surface area contributed by atoms with Crippen LogP contribution in [0.5, 0.6) is 5.75 Å². The summed E-state index contributed by atoms with van der Waals surface area (Å²) in [4.78, 5) is 2.44. The van der Waals surface area contributed by atoms with E-state index in [2.05, 4.69) is 88.2 Å². The topological polar surface area (TPSA) is 44.7 Å². The van der Waals surface area contributed by atoms with Gasteiger partial charge in [-0.2, -0.15) is 0 Å². The fourth-order valence-electron chi connectivity index (χ4n) is 3.83. The molecule has 30 heavy (non-hydrogen) atoms. The minimum absolute atomic E-state index is 0.0664. The van der Waals surface area contributed by atoms with E-state index in [1.807, 2.05) is 18.2 Å². The summed E-state index contributed by atoms with van der Waals surface area (Å²) < 4.78 is 5.80. The number of aliphatic hydroxyl groups is 1. The Balaban J connectivity index is 1.77. The summed E-state index contributed by atoms with van der Waals surface area (Å²) in [6.07, 6.45) is -0.531. The molecule has 0 saturated heterocycles. The van der Waals surface area contributed by atoms with Crippen molar-refractivity contribution in [1.82, 2.24) is 10.2 Å². The summed E-state index contributed by atoms with van der Waals surface area (Å²) >= 11 is 0. The first-order valence-electron chi connectivity index (χ1n) is 11.1. The van der Waals surface area contributed by atoms with Gasteiger partial charge in [-0.1, -0.05) is 56.3 Å². The first-order chi connectivity index (χ1) is 14.2. The summed E-state index contributed by atoms with van der Waals surface area (Å²) in [5.41, 5.74) is 2.46. The molecule has 1 atom stereocenters. The monoisotopic (exact) mass is 412 g/mol. The molecule has 0 unspecified atom stereocenters. The maximum atomic E-state index is 10.2. The van der Waals surface area contributed by atoms with Gasteiger partial charge in [0.05, 0.1) is 0 Å². The predicted molar refractivity (Wildman–Crippen MR) is 126 cm³/mol. The molecule has 0 aliphatic carbocycles. The van der Waals surface area contributed by atoms with E-state index in [1.165, 1.54) is 11.1 Å². The third-order valence-electron chi connectivity index (χ3n) is 5.77. The molecule has 0 spiro atoms. The zero-order valence-electron chi connectivity index (χ0n) is 19.6. The Morgan fingerprint density at radius 1 is 0.900 bits per heavy atom. The van der Waals surface area contributed by atoms with Crippen molar-refractivity contribution in [1.29, 1.82) is 0 Å². The Morgan fingerprint density at radius 3 is 2.03 bits per heavy atom. The number of hydrogen-bond acceptors (Lipinski definition) is 4. The molecule has 0 radical (unpaired) electrons. The maximum absolute atomic E-state index is 10.2. The Labute approximate surface area is 183 Å². The van der Waals surface area contributed by atoms with Crippen LogP contribution in [-0.4, -0.2) is 54.4 Å². The zero-order chi connectivity index (χ0) is 22.1. The van der Waals surface area contributed by atoms with Gasteiger partial charge >= 0.3 is 0 Å². The molecule has 0 heterocycles. The summed E-state index contributed by atoms with van der Waals surface area (Å²) in [5.74, 6) is 0.785. The summed E-state index contributed by atoms with van der Waals surface area (Å²) in [6, 6.07) is 19.8. The van der Waals surface area contributed by atoms with Crippen LogP contribution in [0.25, 0.3) is 0 Å². The van der Waals surface area contributed by atoms with Crippen molar-refractivity contribution in [3.63, 3.8) is 0 Å². The van der Waals surface area contributed by atoms with E-state index >= 15 is 0 Å². The van der Waals surface area contributed by atoms with E-state index in [0.29, 0.717) is 18.6 Å². The van der Waals surface area contributed by atoms with Crippen LogP contribution >= 0.6 is 0 Å². The van der Waals surface area contributed by atoms with Crippen molar-refractivity contribution in [2.45, 2.75) is 65.1 Å². The fraction of sp³-hybridized carbons (Fsp3) is 0.538. The number of ether oxygens (including phenoxy) is 1. The first-order valence-corrected chi connectivity index (χ1v) is 11.1. The average Bonchev–Trinajstić information content (AvgIpc) is 2.72. The van der Waals surface area contributed by atoms with Gasteiger partial charge < -0.3 is 15.2 Å². The van der Waals surface area contributed by atoms with Gasteiger partial charge in [-0.25, -0.2) is 0 Å². The second-order valence-electron chi connectivity index (χ2n) is 9.11. The Morgan fingerprint density at radius 2 is 1.47 bits per heavy atom. The van der Waals surface area contributed by atoms with Crippen LogP contribution in [0.1, 0.15) is 52.7 Å². The van der Waals surface area contributed by atoms with Crippen molar-refractivity contribution < 1.29 is 9.84 Å². The molecule has 0 bridgehead atoms. The molecule has 0 aliphatic heterocycles. The average molecular weight is 413 g/mol. The van der Waals surface area contributed by atoms with Gasteiger partial charge in [-0.3, -0.25) is 4.90 Å². The third-order valence-corrected chi connectivity index (χ3v) is 5.77. The normalized spacial score (nSPS) is 13.3. The molecule has 2 aromatic rings. The summed E-state index contributed by atoms with van der Waals surface area (Å²) in [7, 11) is 0. The molecule has 0 saturated carbocycles. The summed E-state index contributed by atoms with van der Waals surface area (Å²) in [5, 5.41) is 13.6. The van der Waals surface area contributed by atoms with Crippen molar-refractivity contribution in [2.24, 2.45) is 0 Å². The minimum Gasteiger partial charge on any atom is -0.491 e. The molecule has 0 fully saturated rings. The second-order valence-corrected chi connectivity index (χ2v) is 9.11. The van der Waals surface area contributed by atoms with E-state index in [1.54, 1.807) is 0 Å². The SMILES string of the molecule is CC(C)N(CCNC[C@H](O)COc1ccc(C(C)(C)c2ccccc2)cc1)C(C)C. The lowest BCUT2D eigenvalue weighted by Gasteiger charge is -2.30. The van der Waals surface area contributed by atoms with E-state index in [0.717, 1.165) is 18.8 Å². The van der Waals surface area contributed by atoms with Crippen LogP contribution in [0, 0.1) is 0 Å². The van der Waals surface area contributed by atoms with Crippen LogP contribution in [0.2, 0.25) is 0 Å². The molecule has 2 aromatic carbocycles. The Bertz CT molecular complexity index is 718. The fourth-order valence-corrected chi connectivity index (χ4v) is 3.83. The van der Waals surface area contributed by atoms with Gasteiger partial charge in [-0.15, -0.1) is 0 Å². The number of nitrogens with one attached hydrogen (secondary N) is 1. The molecular formula is C26H40N2O2. The molecule has 4 heteroatoms. The van der Waals surface area contributed by atoms with Gasteiger partial charge in [0.25, 0.3) is 0 Å². The van der Waals surface area contributed by atoms with Gasteiger partial charge in [0.2, 0.25) is 0 Å². The highest BCUT2D eigenvalue weighted by molar-refractivity contribution is 5.39. The first kappa shape index (κ1) is 24.4. The van der Waals surface area contributed by atoms with Crippen LogP contribution < -0.4 is 10.1 Å². The standard InChI is InChI=1S/C26H40N2O2/c1-20(2)28(21(3)4)17-16-27-18-24(29)19-30-25-14-12-23(13-15-25)26(5,6)22-10-8-7-9-11-22/h7-15,20-21,24,27,29H,16-19H2,1-6H3/t24-/m0/s1. The van der Waals surface area contributed by atoms with Crippen molar-refractivity contribution in [3.8, 4) is 5.75 Å². The maximum Gasteiger partial charge on any atom is 0.119 e. The lowest BCUT2D eigenvalue weighted by atomic mass is 9.78. The highest BCUT2D eigenvalue weighted by atomic mass is 16.5. The smallest absolute Gasteiger partial charge is 0.119 e. The molecule has 166 valence electrons. The minimum atomic E-state index is -0.531. The van der Waals surface area contributed by atoms with E-state index in [9.17, 15) is 5.11 Å². The molecule has 0 aliphatic rings. The predicted octanol–water partition coefficient (Wildman–Crippen LogP) is 4.46. The molecule has 0 amide bonds. The lowest BCUT2D eigenvalue weighted by Crippen LogP contribution is -2.43. The molecule has 2 rings (SSSR count). The van der Waals surface area contributed by atoms with Crippen LogP contribution in [0.3, 0.4) is 0 Å². The van der Waals surface area contributed by atoms with Crippen LogP contribution in [-0.2, 0) is 5.41 Å². The van der Waals surface area contributed by atoms with Gasteiger partial charge in [0, 0.05) is 37.1 Å². The molecule has 2 N–H and O–H groups in total. The quantitative estimate of drug-likeness (QED) is 0.505. The van der Waals surface area contributed by atoms with E-state index in [-0.39, 0.29) is 12.0 Å². The van der Waals surface area contributed by atoms with Crippen LogP contribution in [0.15, 0.2) is 54.6 Å². The van der Waals surface area contributed by atoms with Gasteiger partial charge in [0.15, 0.2) is 0 Å². The highest BCUT2D eigenvalue weighted by Gasteiger charge is 2.22. The number of aliphatic hydroxyl groups excluding tert-OH is 1. The molecular weight excluding hydrogens is 372 g/mol. The Kier molecular flexibility index (Phi) is 9.35. The molecule has 0 aromatic heterocycles. The largest absolute Gasteiger partial charge is 0.491 e. The van der Waals surface area contributed by atoms with E-state index in [4.69, 9.17) is 4.74 Å². The number of hydrogen-bond donors (Lipinski definition) is 2. The molecule has 4 nitrogen and oxygen atoms in total. The lowest BCUT2D eigenvalue weighted by molar-refractivity contribution is 0.104. The number of nitrogens with zero attached hydrogens (tertiary/aromatic N) is 1. The van der Waals surface area contributed by atoms with Crippen molar-refractivity contribution >= 4 is 0 Å².